The topological polar surface area (TPSA) is 68.8 Å². The summed E-state index contributed by atoms with van der Waals surface area (Å²) < 4.78 is 0. The van der Waals surface area contributed by atoms with Crippen LogP contribution in [0.4, 0.5) is 5.69 Å². The molecule has 1 saturated carbocycles. The molecule has 7 heteroatoms. The number of carbonyl (C=O) groups is 1. The van der Waals surface area contributed by atoms with Gasteiger partial charge in [-0.25, -0.2) is 0 Å². The van der Waals surface area contributed by atoms with Crippen molar-refractivity contribution in [2.24, 2.45) is 10.9 Å². The number of aryl methyl sites for hydroxylation is 1. The lowest BCUT2D eigenvalue weighted by Gasteiger charge is -2.25. The van der Waals surface area contributed by atoms with Gasteiger partial charge in [0.1, 0.15) is 0 Å². The molecule has 0 radical (unpaired) electrons. The summed E-state index contributed by atoms with van der Waals surface area (Å²) >= 11 is 0. The van der Waals surface area contributed by atoms with Crippen molar-refractivity contribution in [3.05, 3.63) is 29.8 Å². The third-order valence-electron chi connectivity index (χ3n) is 4.49. The van der Waals surface area contributed by atoms with Crippen LogP contribution in [0.5, 0.6) is 0 Å². The Balaban J connectivity index is 0.00000364. The first-order valence-electron chi connectivity index (χ1n) is 9.76. The van der Waals surface area contributed by atoms with E-state index in [9.17, 15) is 4.79 Å². The summed E-state index contributed by atoms with van der Waals surface area (Å²) in [5.41, 5.74) is 2.57. The normalized spacial score (nSPS) is 13.5. The Morgan fingerprint density at radius 2 is 1.89 bits per heavy atom. The first kappa shape index (κ1) is 23.5. The van der Waals surface area contributed by atoms with Gasteiger partial charge in [0.2, 0.25) is 5.91 Å². The fraction of sp³-hybridized carbons (Fsp3) is 0.600. The number of likely N-dealkylation sites (N-methyl/N-ethyl adjacent to an activating group) is 1. The predicted molar refractivity (Wildman–Crippen MR) is 124 cm³/mol. The van der Waals surface area contributed by atoms with Crippen molar-refractivity contribution < 1.29 is 4.79 Å². The molecule has 0 bridgehead atoms. The van der Waals surface area contributed by atoms with Crippen LogP contribution in [0.15, 0.2) is 29.3 Å². The summed E-state index contributed by atoms with van der Waals surface area (Å²) in [6, 6.07) is 8.47. The lowest BCUT2D eigenvalue weighted by molar-refractivity contribution is -0.122. The second-order valence-electron chi connectivity index (χ2n) is 6.62. The zero-order chi connectivity index (χ0) is 18.8. The maximum absolute atomic E-state index is 11.6. The van der Waals surface area contributed by atoms with Gasteiger partial charge in [-0.3, -0.25) is 9.79 Å². The maximum Gasteiger partial charge on any atom is 0.223 e. The van der Waals surface area contributed by atoms with Crippen LogP contribution < -0.4 is 20.9 Å². The van der Waals surface area contributed by atoms with E-state index in [2.05, 4.69) is 70.9 Å². The van der Waals surface area contributed by atoms with Gasteiger partial charge in [-0.15, -0.1) is 24.0 Å². The molecular weight excluding hydrogens is 453 g/mol. The van der Waals surface area contributed by atoms with E-state index in [0.29, 0.717) is 13.1 Å². The van der Waals surface area contributed by atoms with Gasteiger partial charge in [0.05, 0.1) is 6.54 Å². The van der Waals surface area contributed by atoms with Crippen molar-refractivity contribution in [1.82, 2.24) is 16.0 Å². The van der Waals surface area contributed by atoms with Crippen LogP contribution in [0.2, 0.25) is 0 Å². The molecule has 1 amide bonds. The molecular formula is C20H34IN5O. The fourth-order valence-electron chi connectivity index (χ4n) is 2.85. The third-order valence-corrected chi connectivity index (χ3v) is 4.49. The summed E-state index contributed by atoms with van der Waals surface area (Å²) in [6.07, 6.45) is 2.07. The largest absolute Gasteiger partial charge is 0.370 e. The summed E-state index contributed by atoms with van der Waals surface area (Å²) in [4.78, 5) is 18.5. The standard InChI is InChI=1S/C20H33N5O.HI/c1-4-21-20(23-13-12-22-19(26)17-10-11-17)24-14-15-25(5-2)18-9-7-6-8-16(18)3;/h6-9,17H,4-5,10-15H2,1-3H3,(H,22,26)(H2,21,23,24);1H. The quantitative estimate of drug-likeness (QED) is 0.205. The molecule has 6 nitrogen and oxygen atoms in total. The number of halogens is 1. The summed E-state index contributed by atoms with van der Waals surface area (Å²) in [5.74, 6) is 1.23. The Morgan fingerprint density at radius 1 is 1.15 bits per heavy atom. The average Bonchev–Trinajstić information content (AvgIpc) is 3.48. The van der Waals surface area contributed by atoms with E-state index >= 15 is 0 Å². The predicted octanol–water partition coefficient (Wildman–Crippen LogP) is 2.52. The van der Waals surface area contributed by atoms with Crippen molar-refractivity contribution in [3.8, 4) is 0 Å². The number of aliphatic imine (C=N–C) groups is 1. The number of carbonyl (C=O) groups excluding carboxylic acids is 1. The minimum atomic E-state index is 0. The lowest BCUT2D eigenvalue weighted by atomic mass is 10.2. The molecule has 1 aromatic carbocycles. The summed E-state index contributed by atoms with van der Waals surface area (Å²) in [5, 5.41) is 9.58. The van der Waals surface area contributed by atoms with E-state index in [-0.39, 0.29) is 35.8 Å². The Bertz CT molecular complexity index is 604. The van der Waals surface area contributed by atoms with Crippen LogP contribution in [0, 0.1) is 12.8 Å². The van der Waals surface area contributed by atoms with Crippen LogP contribution in [0.1, 0.15) is 32.3 Å². The molecule has 1 fully saturated rings. The number of guanidine groups is 1. The fourth-order valence-corrected chi connectivity index (χ4v) is 2.85. The van der Waals surface area contributed by atoms with Crippen molar-refractivity contribution in [3.63, 3.8) is 0 Å². The van der Waals surface area contributed by atoms with Crippen molar-refractivity contribution in [2.75, 3.05) is 44.2 Å². The summed E-state index contributed by atoms with van der Waals surface area (Å²) in [6.45, 7) is 11.0. The molecule has 0 aromatic heterocycles. The molecule has 1 aliphatic rings. The second kappa shape index (κ2) is 12.8. The Kier molecular flexibility index (Phi) is 11.2. The van der Waals surface area contributed by atoms with E-state index in [1.165, 1.54) is 11.3 Å². The number of anilines is 1. The van der Waals surface area contributed by atoms with E-state index < -0.39 is 0 Å². The molecule has 0 saturated heterocycles. The van der Waals surface area contributed by atoms with Gasteiger partial charge >= 0.3 is 0 Å². The van der Waals surface area contributed by atoms with Crippen LogP contribution in [-0.4, -0.2) is 51.1 Å². The molecule has 0 aliphatic heterocycles. The highest BCUT2D eigenvalue weighted by Crippen LogP contribution is 2.28. The number of para-hydroxylation sites is 1. The van der Waals surface area contributed by atoms with Gasteiger partial charge in [0.25, 0.3) is 0 Å². The highest BCUT2D eigenvalue weighted by Gasteiger charge is 2.28. The zero-order valence-electron chi connectivity index (χ0n) is 16.8. The summed E-state index contributed by atoms with van der Waals surface area (Å²) in [7, 11) is 0. The van der Waals surface area contributed by atoms with Gasteiger partial charge in [0.15, 0.2) is 5.96 Å². The number of hydrogen-bond acceptors (Lipinski definition) is 3. The van der Waals surface area contributed by atoms with Crippen LogP contribution >= 0.6 is 24.0 Å². The van der Waals surface area contributed by atoms with E-state index in [0.717, 1.165) is 45.0 Å². The SMILES string of the molecule is CCNC(=NCCNC(=O)C1CC1)NCCN(CC)c1ccccc1C.I. The van der Waals surface area contributed by atoms with Crippen molar-refractivity contribution >= 4 is 41.5 Å². The van der Waals surface area contributed by atoms with Crippen LogP contribution in [0.3, 0.4) is 0 Å². The van der Waals surface area contributed by atoms with Crippen molar-refractivity contribution in [1.29, 1.82) is 0 Å². The van der Waals surface area contributed by atoms with E-state index in [1.807, 2.05) is 0 Å². The molecule has 3 N–H and O–H groups in total. The molecule has 0 spiro atoms. The average molecular weight is 487 g/mol. The number of nitrogens with zero attached hydrogens (tertiary/aromatic N) is 2. The van der Waals surface area contributed by atoms with Gasteiger partial charge < -0.3 is 20.9 Å². The molecule has 27 heavy (non-hydrogen) atoms. The Labute approximate surface area is 180 Å². The number of nitrogens with one attached hydrogen (secondary N) is 3. The lowest BCUT2D eigenvalue weighted by Crippen LogP contribution is -2.42. The Morgan fingerprint density at radius 3 is 2.52 bits per heavy atom. The monoisotopic (exact) mass is 487 g/mol. The van der Waals surface area contributed by atoms with Crippen LogP contribution in [0.25, 0.3) is 0 Å². The molecule has 0 heterocycles. The van der Waals surface area contributed by atoms with Gasteiger partial charge in [-0.2, -0.15) is 0 Å². The number of amides is 1. The van der Waals surface area contributed by atoms with E-state index in [1.54, 1.807) is 0 Å². The molecule has 152 valence electrons. The first-order valence-corrected chi connectivity index (χ1v) is 9.76. The van der Waals surface area contributed by atoms with Gasteiger partial charge in [-0.1, -0.05) is 18.2 Å². The molecule has 0 unspecified atom stereocenters. The maximum atomic E-state index is 11.6. The van der Waals surface area contributed by atoms with Crippen molar-refractivity contribution in [2.45, 2.75) is 33.6 Å². The molecule has 2 rings (SSSR count). The first-order chi connectivity index (χ1) is 12.7. The van der Waals surface area contributed by atoms with E-state index in [4.69, 9.17) is 0 Å². The minimum absolute atomic E-state index is 0. The third kappa shape index (κ3) is 8.36. The van der Waals surface area contributed by atoms with Gasteiger partial charge in [-0.05, 0) is 45.2 Å². The number of benzene rings is 1. The Hall–Kier alpha value is -1.51. The molecule has 1 aromatic rings. The highest BCUT2D eigenvalue weighted by atomic mass is 127. The molecule has 1 aliphatic carbocycles. The smallest absolute Gasteiger partial charge is 0.223 e. The van der Waals surface area contributed by atoms with Crippen LogP contribution in [-0.2, 0) is 4.79 Å². The minimum Gasteiger partial charge on any atom is -0.370 e. The zero-order valence-corrected chi connectivity index (χ0v) is 19.1. The molecule has 0 atom stereocenters. The van der Waals surface area contributed by atoms with Gasteiger partial charge in [0, 0.05) is 44.3 Å². The second-order valence-corrected chi connectivity index (χ2v) is 6.62. The number of hydrogen-bond donors (Lipinski definition) is 3. The number of rotatable bonds is 10. The highest BCUT2D eigenvalue weighted by molar-refractivity contribution is 14.0.